The molecule has 1 N–H and O–H groups in total. The lowest BCUT2D eigenvalue weighted by atomic mass is 10.1. The number of nitrogens with zero attached hydrogens (tertiary/aromatic N) is 3. The van der Waals surface area contributed by atoms with Gasteiger partial charge in [-0.15, -0.1) is 0 Å². The van der Waals surface area contributed by atoms with Gasteiger partial charge in [-0.05, 0) is 23.8 Å². The molecule has 9 nitrogen and oxygen atoms in total. The van der Waals surface area contributed by atoms with Crippen LogP contribution in [0.3, 0.4) is 0 Å². The van der Waals surface area contributed by atoms with Crippen molar-refractivity contribution in [2.45, 2.75) is 0 Å². The molecule has 0 aliphatic heterocycles. The van der Waals surface area contributed by atoms with Crippen LogP contribution in [0.1, 0.15) is 0 Å². The van der Waals surface area contributed by atoms with Crippen molar-refractivity contribution in [3.8, 4) is 18.2 Å². The van der Waals surface area contributed by atoms with Crippen LogP contribution in [0, 0.1) is 34.0 Å². The number of hydrogen-bond acceptors (Lipinski definition) is 9. The maximum Gasteiger partial charge on any atom is 0.348 e. The molecule has 0 aromatic carbocycles. The van der Waals surface area contributed by atoms with E-state index in [1.165, 1.54) is 0 Å². The Kier molecular flexibility index (Phi) is 8.94. The Bertz CT molecular complexity index is 751. The Balaban J connectivity index is 6.52. The highest BCUT2D eigenvalue weighted by atomic mass is 16.6. The van der Waals surface area contributed by atoms with Crippen molar-refractivity contribution < 1.29 is 28.9 Å². The minimum atomic E-state index is -0.975. The Morgan fingerprint density at radius 1 is 0.800 bits per heavy atom. The van der Waals surface area contributed by atoms with Crippen LogP contribution < -0.4 is 0 Å². The molecule has 128 valence electrons. The summed E-state index contributed by atoms with van der Waals surface area (Å²) in [4.78, 5) is 23.0. The fourth-order valence-corrected chi connectivity index (χ4v) is 1.37. The minimum absolute atomic E-state index is 0.107. The van der Waals surface area contributed by atoms with Crippen molar-refractivity contribution in [1.82, 2.24) is 0 Å². The molecule has 0 aliphatic rings. The molecule has 0 unspecified atom stereocenters. The smallest absolute Gasteiger partial charge is 0.348 e. The van der Waals surface area contributed by atoms with E-state index < -0.39 is 29.0 Å². The summed E-state index contributed by atoms with van der Waals surface area (Å²) in [6, 6.07) is 4.78. The first-order valence-electron chi connectivity index (χ1n) is 6.37. The summed E-state index contributed by atoms with van der Waals surface area (Å²) >= 11 is 0. The average molecular weight is 343 g/mol. The van der Waals surface area contributed by atoms with Crippen molar-refractivity contribution >= 4 is 11.9 Å². The molecule has 0 aromatic heterocycles. The maximum atomic E-state index is 11.5. The summed E-state index contributed by atoms with van der Waals surface area (Å²) in [5.41, 5.74) is -1.43. The molecule has 25 heavy (non-hydrogen) atoms. The molecule has 0 saturated heterocycles. The number of carbonyl (C=O) groups is 2. The number of hydrogen-bond donors (Lipinski definition) is 1. The Hall–Kier alpha value is -4.03. The van der Waals surface area contributed by atoms with E-state index in [2.05, 4.69) is 14.2 Å². The van der Waals surface area contributed by atoms with E-state index in [1.807, 2.05) is 0 Å². The largest absolute Gasteiger partial charge is 0.480 e. The summed E-state index contributed by atoms with van der Waals surface area (Å²) in [6.45, 7) is 0. The summed E-state index contributed by atoms with van der Waals surface area (Å²) in [6.07, 6.45) is 2.93. The minimum Gasteiger partial charge on any atom is -0.480 e. The molecule has 0 bridgehead atoms. The zero-order valence-electron chi connectivity index (χ0n) is 13.6. The highest BCUT2D eigenvalue weighted by Gasteiger charge is 2.13. The van der Waals surface area contributed by atoms with Crippen LogP contribution in [-0.4, -0.2) is 38.4 Å². The van der Waals surface area contributed by atoms with Crippen LogP contribution in [0.15, 0.2) is 46.5 Å². The van der Waals surface area contributed by atoms with E-state index in [9.17, 15) is 14.7 Å². The van der Waals surface area contributed by atoms with Crippen LogP contribution >= 0.6 is 0 Å². The van der Waals surface area contributed by atoms with Crippen LogP contribution in [0.5, 0.6) is 0 Å². The number of rotatable bonds is 6. The van der Waals surface area contributed by atoms with Crippen LogP contribution in [0.25, 0.3) is 0 Å². The topological polar surface area (TPSA) is 153 Å². The molecule has 0 spiro atoms. The summed E-state index contributed by atoms with van der Waals surface area (Å²) in [5.74, 6) is -2.69. The maximum absolute atomic E-state index is 11.5. The van der Waals surface area contributed by atoms with Crippen LogP contribution in [-0.2, 0) is 23.8 Å². The molecular formula is C16H13N3O6. The summed E-state index contributed by atoms with van der Waals surface area (Å²) in [5, 5.41) is 36.5. The van der Waals surface area contributed by atoms with E-state index in [4.69, 9.17) is 15.8 Å². The zero-order valence-corrected chi connectivity index (χ0v) is 13.6. The third kappa shape index (κ3) is 6.31. The number of aliphatic hydroxyl groups excluding tert-OH is 1. The third-order valence-corrected chi connectivity index (χ3v) is 2.53. The molecule has 0 radical (unpaired) electrons. The van der Waals surface area contributed by atoms with Gasteiger partial charge in [0, 0.05) is 0 Å². The van der Waals surface area contributed by atoms with Gasteiger partial charge in [0.15, 0.2) is 0 Å². The van der Waals surface area contributed by atoms with E-state index in [0.717, 1.165) is 39.6 Å². The predicted octanol–water partition coefficient (Wildman–Crippen LogP) is 1.10. The van der Waals surface area contributed by atoms with Crippen LogP contribution in [0.2, 0.25) is 0 Å². The lowest BCUT2D eigenvalue weighted by Crippen LogP contribution is -2.05. The molecule has 0 amide bonds. The Morgan fingerprint density at radius 2 is 1.24 bits per heavy atom. The monoisotopic (exact) mass is 343 g/mol. The summed E-state index contributed by atoms with van der Waals surface area (Å²) in [7, 11) is 3.22. The molecule has 9 heteroatoms. The predicted molar refractivity (Wildman–Crippen MR) is 81.8 cm³/mol. The first-order valence-corrected chi connectivity index (χ1v) is 6.37. The SMILES string of the molecule is COC(=O)/C(C#N)=C\C(=CC(/C#N)=C(/O)OC)/C=C(/C#N)C(=O)OC. The number of ether oxygens (including phenoxy) is 3. The van der Waals surface area contributed by atoms with Crippen molar-refractivity contribution in [2.24, 2.45) is 0 Å². The van der Waals surface area contributed by atoms with Gasteiger partial charge >= 0.3 is 11.9 Å². The Labute approximate surface area is 143 Å². The second-order valence-electron chi connectivity index (χ2n) is 4.00. The van der Waals surface area contributed by atoms with Gasteiger partial charge in [-0.25, -0.2) is 9.59 Å². The zero-order chi connectivity index (χ0) is 19.4. The van der Waals surface area contributed by atoms with E-state index in [-0.39, 0.29) is 11.1 Å². The number of methoxy groups -OCH3 is 3. The van der Waals surface area contributed by atoms with Gasteiger partial charge in [0.2, 0.25) is 0 Å². The van der Waals surface area contributed by atoms with Crippen molar-refractivity contribution in [3.63, 3.8) is 0 Å². The first-order chi connectivity index (χ1) is 11.9. The highest BCUT2D eigenvalue weighted by Crippen LogP contribution is 2.14. The molecule has 0 atom stereocenters. The van der Waals surface area contributed by atoms with Crippen molar-refractivity contribution in [2.75, 3.05) is 21.3 Å². The van der Waals surface area contributed by atoms with Gasteiger partial charge in [0.05, 0.1) is 21.3 Å². The molecule has 0 aliphatic carbocycles. The number of carbonyl (C=O) groups excluding carboxylic acids is 2. The lowest BCUT2D eigenvalue weighted by Gasteiger charge is -2.02. The van der Waals surface area contributed by atoms with E-state index in [1.54, 1.807) is 18.2 Å². The first kappa shape index (κ1) is 21.0. The van der Waals surface area contributed by atoms with Crippen LogP contribution in [0.4, 0.5) is 0 Å². The second-order valence-corrected chi connectivity index (χ2v) is 4.00. The third-order valence-electron chi connectivity index (χ3n) is 2.53. The molecule has 0 heterocycles. The van der Waals surface area contributed by atoms with Gasteiger partial charge in [-0.2, -0.15) is 15.8 Å². The molecule has 0 fully saturated rings. The number of esters is 2. The van der Waals surface area contributed by atoms with Crippen molar-refractivity contribution in [3.05, 3.63) is 46.5 Å². The van der Waals surface area contributed by atoms with Gasteiger partial charge in [-0.1, -0.05) is 0 Å². The Morgan fingerprint density at radius 3 is 1.52 bits per heavy atom. The standard InChI is InChI=1S/C16H13N3O6/c1-23-14(20)11(7-17)4-10(5-12(8-18)15(21)24-2)6-13(9-19)16(22)25-3/h4-6,20H,1-3H3/b12-5-,13-6-,14-11+. The molecule has 0 rings (SSSR count). The average Bonchev–Trinajstić information content (AvgIpc) is 2.65. The fraction of sp³-hybridized carbons (Fsp3) is 0.188. The second kappa shape index (κ2) is 10.7. The number of aliphatic hydroxyl groups is 1. The fourth-order valence-electron chi connectivity index (χ4n) is 1.37. The lowest BCUT2D eigenvalue weighted by molar-refractivity contribution is -0.136. The van der Waals surface area contributed by atoms with Gasteiger partial charge in [0.25, 0.3) is 5.95 Å². The number of nitriles is 3. The number of allylic oxidation sites excluding steroid dienone is 5. The molecule has 0 saturated carbocycles. The van der Waals surface area contributed by atoms with E-state index in [0.29, 0.717) is 0 Å². The molecular weight excluding hydrogens is 330 g/mol. The van der Waals surface area contributed by atoms with E-state index >= 15 is 0 Å². The van der Waals surface area contributed by atoms with Crippen molar-refractivity contribution in [1.29, 1.82) is 15.8 Å². The summed E-state index contributed by atoms with van der Waals surface area (Å²) < 4.78 is 13.4. The van der Waals surface area contributed by atoms with Gasteiger partial charge in [0.1, 0.15) is 34.9 Å². The normalized spacial score (nSPS) is 11.7. The highest BCUT2D eigenvalue weighted by molar-refractivity contribution is 5.95. The van der Waals surface area contributed by atoms with Gasteiger partial charge in [-0.3, -0.25) is 0 Å². The van der Waals surface area contributed by atoms with Gasteiger partial charge < -0.3 is 19.3 Å². The quantitative estimate of drug-likeness (QED) is 0.245. The molecule has 0 aromatic rings.